The van der Waals surface area contributed by atoms with Gasteiger partial charge in [0, 0.05) is 28.3 Å². The molecule has 116 valence electrons. The fraction of sp³-hybridized carbons (Fsp3) is 0.0526. The minimum absolute atomic E-state index is 0.132. The molecule has 1 N–H and O–H groups in total. The van der Waals surface area contributed by atoms with Crippen molar-refractivity contribution in [3.8, 4) is 33.8 Å². The van der Waals surface area contributed by atoms with Crippen LogP contribution in [0.15, 0.2) is 60.7 Å². The largest absolute Gasteiger partial charge is 0.507 e. The molecule has 0 amide bonds. The Morgan fingerprint density at radius 3 is 1.78 bits per heavy atom. The standard InChI is InChI=1S/C19H14F2O2/c1-23-19-11-18(22)14(12-6-2-4-8-16(12)20)10-15(19)13-7-3-5-9-17(13)21/h2-11,22H,1H3. The van der Waals surface area contributed by atoms with Crippen molar-refractivity contribution in [3.05, 3.63) is 72.3 Å². The van der Waals surface area contributed by atoms with Crippen molar-refractivity contribution in [1.29, 1.82) is 0 Å². The Labute approximate surface area is 132 Å². The van der Waals surface area contributed by atoms with Gasteiger partial charge < -0.3 is 9.84 Å². The Morgan fingerprint density at radius 2 is 1.26 bits per heavy atom. The van der Waals surface area contributed by atoms with E-state index in [1.54, 1.807) is 36.4 Å². The fourth-order valence-electron chi connectivity index (χ4n) is 2.52. The number of methoxy groups -OCH3 is 1. The van der Waals surface area contributed by atoms with Crippen LogP contribution in [0.1, 0.15) is 0 Å². The number of ether oxygens (including phenoxy) is 1. The van der Waals surface area contributed by atoms with Crippen LogP contribution < -0.4 is 4.74 Å². The van der Waals surface area contributed by atoms with Gasteiger partial charge >= 0.3 is 0 Å². The highest BCUT2D eigenvalue weighted by atomic mass is 19.1. The summed E-state index contributed by atoms with van der Waals surface area (Å²) in [6, 6.07) is 15.2. The van der Waals surface area contributed by atoms with E-state index >= 15 is 0 Å². The summed E-state index contributed by atoms with van der Waals surface area (Å²) in [4.78, 5) is 0. The second-order valence-corrected chi connectivity index (χ2v) is 5.03. The molecule has 0 aliphatic heterocycles. The zero-order chi connectivity index (χ0) is 16.4. The van der Waals surface area contributed by atoms with Gasteiger partial charge in [0.15, 0.2) is 0 Å². The molecule has 0 spiro atoms. The molecule has 23 heavy (non-hydrogen) atoms. The van der Waals surface area contributed by atoms with Crippen molar-refractivity contribution in [1.82, 2.24) is 0 Å². The van der Waals surface area contributed by atoms with Crippen LogP contribution >= 0.6 is 0 Å². The second-order valence-electron chi connectivity index (χ2n) is 5.03. The zero-order valence-corrected chi connectivity index (χ0v) is 12.4. The topological polar surface area (TPSA) is 29.5 Å². The third-order valence-electron chi connectivity index (χ3n) is 3.65. The molecule has 0 saturated heterocycles. The van der Waals surface area contributed by atoms with Crippen molar-refractivity contribution in [3.63, 3.8) is 0 Å². The highest BCUT2D eigenvalue weighted by Crippen LogP contribution is 2.41. The highest BCUT2D eigenvalue weighted by Gasteiger charge is 2.17. The van der Waals surface area contributed by atoms with Gasteiger partial charge in [-0.15, -0.1) is 0 Å². The molecule has 0 aromatic heterocycles. The Hall–Kier alpha value is -2.88. The smallest absolute Gasteiger partial charge is 0.131 e. The summed E-state index contributed by atoms with van der Waals surface area (Å²) in [6.07, 6.45) is 0. The first-order chi connectivity index (χ1) is 11.1. The first-order valence-corrected chi connectivity index (χ1v) is 7.02. The van der Waals surface area contributed by atoms with Crippen LogP contribution in [0.25, 0.3) is 22.3 Å². The lowest BCUT2D eigenvalue weighted by Gasteiger charge is -2.14. The van der Waals surface area contributed by atoms with Crippen LogP contribution in [0.5, 0.6) is 11.5 Å². The molecule has 3 aromatic carbocycles. The molecule has 3 rings (SSSR count). The van der Waals surface area contributed by atoms with E-state index in [1.807, 2.05) is 0 Å². The van der Waals surface area contributed by atoms with Crippen molar-refractivity contribution >= 4 is 0 Å². The number of benzene rings is 3. The van der Waals surface area contributed by atoms with Crippen molar-refractivity contribution in [2.75, 3.05) is 7.11 Å². The average Bonchev–Trinajstić information content (AvgIpc) is 2.56. The number of phenols is 1. The van der Waals surface area contributed by atoms with E-state index < -0.39 is 11.6 Å². The molecule has 0 unspecified atom stereocenters. The Bertz CT molecular complexity index is 860. The summed E-state index contributed by atoms with van der Waals surface area (Å²) in [5.74, 6) is -0.705. The summed E-state index contributed by atoms with van der Waals surface area (Å²) in [6.45, 7) is 0. The molecular formula is C19H14F2O2. The molecule has 0 aliphatic carbocycles. The number of aromatic hydroxyl groups is 1. The van der Waals surface area contributed by atoms with Gasteiger partial charge in [-0.1, -0.05) is 36.4 Å². The first-order valence-electron chi connectivity index (χ1n) is 7.02. The maximum Gasteiger partial charge on any atom is 0.131 e. The van der Waals surface area contributed by atoms with Crippen LogP contribution in [0.4, 0.5) is 8.78 Å². The van der Waals surface area contributed by atoms with E-state index in [1.165, 1.54) is 31.4 Å². The minimum atomic E-state index is -0.465. The van der Waals surface area contributed by atoms with E-state index in [0.29, 0.717) is 16.9 Å². The van der Waals surface area contributed by atoms with Crippen molar-refractivity contribution < 1.29 is 18.6 Å². The molecule has 0 heterocycles. The Kier molecular flexibility index (Phi) is 3.98. The molecule has 0 radical (unpaired) electrons. The van der Waals surface area contributed by atoms with Gasteiger partial charge in [0.2, 0.25) is 0 Å². The lowest BCUT2D eigenvalue weighted by molar-refractivity contribution is 0.409. The lowest BCUT2D eigenvalue weighted by Crippen LogP contribution is -1.93. The van der Waals surface area contributed by atoms with Crippen LogP contribution in [-0.4, -0.2) is 12.2 Å². The monoisotopic (exact) mass is 312 g/mol. The van der Waals surface area contributed by atoms with Gasteiger partial charge in [0.25, 0.3) is 0 Å². The molecule has 0 aliphatic rings. The maximum absolute atomic E-state index is 14.1. The van der Waals surface area contributed by atoms with Gasteiger partial charge in [0.1, 0.15) is 23.1 Å². The van der Waals surface area contributed by atoms with Crippen molar-refractivity contribution in [2.45, 2.75) is 0 Å². The van der Waals surface area contributed by atoms with Gasteiger partial charge in [-0.3, -0.25) is 0 Å². The van der Waals surface area contributed by atoms with E-state index in [2.05, 4.69) is 0 Å². The summed E-state index contributed by atoms with van der Waals surface area (Å²) in [5.41, 5.74) is 1.29. The quantitative estimate of drug-likeness (QED) is 0.736. The van der Waals surface area contributed by atoms with Crippen LogP contribution in [0, 0.1) is 11.6 Å². The molecule has 3 aromatic rings. The summed E-state index contributed by atoms with van der Waals surface area (Å²) >= 11 is 0. The molecule has 0 fully saturated rings. The summed E-state index contributed by atoms with van der Waals surface area (Å²) < 4.78 is 33.4. The molecule has 0 bridgehead atoms. The van der Waals surface area contributed by atoms with Crippen LogP contribution in [0.3, 0.4) is 0 Å². The average molecular weight is 312 g/mol. The third-order valence-corrected chi connectivity index (χ3v) is 3.65. The first kappa shape index (κ1) is 15.0. The minimum Gasteiger partial charge on any atom is -0.507 e. The molecular weight excluding hydrogens is 298 g/mol. The van der Waals surface area contributed by atoms with Crippen molar-refractivity contribution in [2.24, 2.45) is 0 Å². The number of halogens is 2. The molecule has 0 atom stereocenters. The third kappa shape index (κ3) is 2.75. The number of hydrogen-bond acceptors (Lipinski definition) is 2. The van der Waals surface area contributed by atoms with Crippen LogP contribution in [0.2, 0.25) is 0 Å². The second kappa shape index (κ2) is 6.08. The maximum atomic E-state index is 14.1. The SMILES string of the molecule is COc1cc(O)c(-c2ccccc2F)cc1-c1ccccc1F. The Morgan fingerprint density at radius 1 is 0.739 bits per heavy atom. The predicted molar refractivity (Wildman–Crippen MR) is 85.4 cm³/mol. The summed E-state index contributed by atoms with van der Waals surface area (Å²) in [5, 5.41) is 10.2. The van der Waals surface area contributed by atoms with E-state index in [4.69, 9.17) is 4.74 Å². The van der Waals surface area contributed by atoms with E-state index in [-0.39, 0.29) is 16.9 Å². The fourth-order valence-corrected chi connectivity index (χ4v) is 2.52. The van der Waals surface area contributed by atoms with E-state index in [9.17, 15) is 13.9 Å². The number of rotatable bonds is 3. The van der Waals surface area contributed by atoms with Gasteiger partial charge in [-0.05, 0) is 18.2 Å². The van der Waals surface area contributed by atoms with Gasteiger partial charge in [-0.2, -0.15) is 0 Å². The number of phenolic OH excluding ortho intramolecular Hbond substituents is 1. The zero-order valence-electron chi connectivity index (χ0n) is 12.4. The number of hydrogen-bond donors (Lipinski definition) is 1. The van der Waals surface area contributed by atoms with E-state index in [0.717, 1.165) is 0 Å². The lowest BCUT2D eigenvalue weighted by atomic mass is 9.96. The predicted octanol–water partition coefficient (Wildman–Crippen LogP) is 5.01. The highest BCUT2D eigenvalue weighted by molar-refractivity contribution is 5.82. The molecule has 0 saturated carbocycles. The molecule has 4 heteroatoms. The molecule has 2 nitrogen and oxygen atoms in total. The normalized spacial score (nSPS) is 10.6. The van der Waals surface area contributed by atoms with Gasteiger partial charge in [-0.25, -0.2) is 8.78 Å². The van der Waals surface area contributed by atoms with Crippen LogP contribution in [-0.2, 0) is 0 Å². The summed E-state index contributed by atoms with van der Waals surface area (Å²) in [7, 11) is 1.43. The Balaban J connectivity index is 2.27. The van der Waals surface area contributed by atoms with Gasteiger partial charge in [0.05, 0.1) is 7.11 Å².